The number of nitrogens with one attached hydrogen (secondary N) is 1. The second-order valence-corrected chi connectivity index (χ2v) is 7.27. The summed E-state index contributed by atoms with van der Waals surface area (Å²) < 4.78 is 17.0. The van der Waals surface area contributed by atoms with Gasteiger partial charge in [0.05, 0.1) is 20.3 Å². The van der Waals surface area contributed by atoms with E-state index in [1.54, 1.807) is 13.3 Å². The number of ether oxygens (including phenoxy) is 3. The lowest BCUT2D eigenvalue weighted by molar-refractivity contribution is 0.135. The first-order valence-corrected chi connectivity index (χ1v) is 9.99. The molecule has 0 amide bonds. The highest BCUT2D eigenvalue weighted by Gasteiger charge is 2.25. The van der Waals surface area contributed by atoms with Crippen LogP contribution in [0.2, 0.25) is 0 Å². The van der Waals surface area contributed by atoms with E-state index in [4.69, 9.17) is 19.2 Å². The molecule has 2 aromatic heterocycles. The highest BCUT2D eigenvalue weighted by Crippen LogP contribution is 2.31. The molecule has 0 radical (unpaired) electrons. The molecule has 2 aromatic rings. The standard InChI is InChI=1S/C21H28N4O3/c1-26-19-6-7-20(24-21(19)28-18-8-11-27-15-18)25(17-5-3-10-23-13-17)14-16-4-2-9-22-12-16/h2,4,6-7,9,12,17-18,23H,3,5,8,10-11,13-15H2,1H3. The van der Waals surface area contributed by atoms with Crippen molar-refractivity contribution in [3.8, 4) is 11.6 Å². The van der Waals surface area contributed by atoms with Crippen LogP contribution in [-0.4, -0.2) is 55.5 Å². The summed E-state index contributed by atoms with van der Waals surface area (Å²) in [5, 5.41) is 3.51. The SMILES string of the molecule is COc1ccc(N(Cc2cccnc2)C2CCCNC2)nc1OC1CCOC1. The Hall–Kier alpha value is -2.38. The second-order valence-electron chi connectivity index (χ2n) is 7.27. The summed E-state index contributed by atoms with van der Waals surface area (Å²) in [4.78, 5) is 11.5. The summed E-state index contributed by atoms with van der Waals surface area (Å²) in [6.45, 7) is 4.10. The van der Waals surface area contributed by atoms with Crippen molar-refractivity contribution in [2.24, 2.45) is 0 Å². The molecule has 0 spiro atoms. The van der Waals surface area contributed by atoms with Gasteiger partial charge in [-0.2, -0.15) is 4.98 Å². The number of nitrogens with zero attached hydrogens (tertiary/aromatic N) is 3. The lowest BCUT2D eigenvalue weighted by atomic mass is 10.0. The van der Waals surface area contributed by atoms with E-state index < -0.39 is 0 Å². The Morgan fingerprint density at radius 2 is 2.25 bits per heavy atom. The predicted molar refractivity (Wildman–Crippen MR) is 107 cm³/mol. The van der Waals surface area contributed by atoms with Gasteiger partial charge in [-0.1, -0.05) is 6.07 Å². The summed E-state index contributed by atoms with van der Waals surface area (Å²) in [5.41, 5.74) is 1.16. The summed E-state index contributed by atoms with van der Waals surface area (Å²) in [6, 6.07) is 8.41. The molecule has 2 fully saturated rings. The number of methoxy groups -OCH3 is 1. The van der Waals surface area contributed by atoms with Crippen LogP contribution in [0, 0.1) is 0 Å². The minimum absolute atomic E-state index is 0.0276. The van der Waals surface area contributed by atoms with E-state index in [0.29, 0.717) is 24.3 Å². The fourth-order valence-corrected chi connectivity index (χ4v) is 3.77. The smallest absolute Gasteiger partial charge is 0.259 e. The van der Waals surface area contributed by atoms with Crippen molar-refractivity contribution in [2.45, 2.75) is 38.0 Å². The molecule has 4 heterocycles. The Labute approximate surface area is 166 Å². The quantitative estimate of drug-likeness (QED) is 0.786. The van der Waals surface area contributed by atoms with Crippen molar-refractivity contribution in [1.29, 1.82) is 0 Å². The molecule has 7 heteroatoms. The van der Waals surface area contributed by atoms with Crippen molar-refractivity contribution in [2.75, 3.05) is 38.3 Å². The van der Waals surface area contributed by atoms with Gasteiger partial charge in [-0.3, -0.25) is 4.98 Å². The number of pyridine rings is 2. The Bertz CT molecular complexity index is 747. The maximum Gasteiger partial charge on any atom is 0.259 e. The van der Waals surface area contributed by atoms with Crippen molar-refractivity contribution >= 4 is 5.82 Å². The monoisotopic (exact) mass is 384 g/mol. The van der Waals surface area contributed by atoms with Gasteiger partial charge in [-0.25, -0.2) is 0 Å². The number of hydrogen-bond donors (Lipinski definition) is 1. The van der Waals surface area contributed by atoms with Gasteiger partial charge >= 0.3 is 0 Å². The summed E-state index contributed by atoms with van der Waals surface area (Å²) >= 11 is 0. The zero-order valence-electron chi connectivity index (χ0n) is 16.3. The van der Waals surface area contributed by atoms with Gasteiger partial charge in [0.1, 0.15) is 11.9 Å². The number of aromatic nitrogens is 2. The number of anilines is 1. The topological polar surface area (TPSA) is 68.7 Å². The number of hydrogen-bond acceptors (Lipinski definition) is 7. The third kappa shape index (κ3) is 4.54. The molecule has 2 aliphatic heterocycles. The van der Waals surface area contributed by atoms with Gasteiger partial charge in [0.2, 0.25) is 0 Å². The molecule has 2 aliphatic rings. The molecular weight excluding hydrogens is 356 g/mol. The van der Waals surface area contributed by atoms with Crippen LogP contribution in [-0.2, 0) is 11.3 Å². The van der Waals surface area contributed by atoms with Crippen LogP contribution >= 0.6 is 0 Å². The molecule has 150 valence electrons. The van der Waals surface area contributed by atoms with E-state index >= 15 is 0 Å². The van der Waals surface area contributed by atoms with Crippen molar-refractivity contribution in [3.05, 3.63) is 42.2 Å². The average molecular weight is 384 g/mol. The molecule has 0 saturated carbocycles. The van der Waals surface area contributed by atoms with E-state index in [-0.39, 0.29) is 6.10 Å². The van der Waals surface area contributed by atoms with Crippen LogP contribution in [0.15, 0.2) is 36.7 Å². The molecule has 4 rings (SSSR count). The lowest BCUT2D eigenvalue weighted by Crippen LogP contribution is -2.46. The molecule has 2 saturated heterocycles. The van der Waals surface area contributed by atoms with E-state index in [1.165, 1.54) is 0 Å². The highest BCUT2D eigenvalue weighted by atomic mass is 16.6. The maximum atomic E-state index is 6.11. The molecule has 0 aliphatic carbocycles. The molecule has 7 nitrogen and oxygen atoms in total. The lowest BCUT2D eigenvalue weighted by Gasteiger charge is -2.36. The van der Waals surface area contributed by atoms with Crippen molar-refractivity contribution in [1.82, 2.24) is 15.3 Å². The first-order chi connectivity index (χ1) is 13.8. The molecule has 0 bridgehead atoms. The first-order valence-electron chi connectivity index (χ1n) is 9.99. The normalized spacial score (nSPS) is 22.0. The third-order valence-corrected chi connectivity index (χ3v) is 5.28. The summed E-state index contributed by atoms with van der Waals surface area (Å²) in [6.07, 6.45) is 6.92. The van der Waals surface area contributed by atoms with Crippen molar-refractivity contribution < 1.29 is 14.2 Å². The predicted octanol–water partition coefficient (Wildman–Crippen LogP) is 2.41. The summed E-state index contributed by atoms with van der Waals surface area (Å²) in [7, 11) is 1.65. The van der Waals surface area contributed by atoms with Crippen molar-refractivity contribution in [3.63, 3.8) is 0 Å². The summed E-state index contributed by atoms with van der Waals surface area (Å²) in [5.74, 6) is 2.08. The van der Waals surface area contributed by atoms with Gasteiger partial charge in [0.15, 0.2) is 5.75 Å². The fourth-order valence-electron chi connectivity index (χ4n) is 3.77. The second kappa shape index (κ2) is 9.21. The Morgan fingerprint density at radius 3 is 2.96 bits per heavy atom. The first kappa shape index (κ1) is 19.0. The van der Waals surface area contributed by atoms with Gasteiger partial charge in [0, 0.05) is 37.9 Å². The zero-order chi connectivity index (χ0) is 19.2. The zero-order valence-corrected chi connectivity index (χ0v) is 16.3. The van der Waals surface area contributed by atoms with Gasteiger partial charge < -0.3 is 24.4 Å². The Balaban J connectivity index is 1.62. The van der Waals surface area contributed by atoms with E-state index in [0.717, 1.165) is 56.9 Å². The van der Waals surface area contributed by atoms with Crippen LogP contribution in [0.25, 0.3) is 0 Å². The maximum absolute atomic E-state index is 6.11. The third-order valence-electron chi connectivity index (χ3n) is 5.28. The average Bonchev–Trinajstić information content (AvgIpc) is 3.26. The molecule has 0 aromatic carbocycles. The van der Waals surface area contributed by atoms with Gasteiger partial charge in [-0.05, 0) is 43.1 Å². The largest absolute Gasteiger partial charge is 0.491 e. The van der Waals surface area contributed by atoms with Gasteiger partial charge in [-0.15, -0.1) is 0 Å². The molecule has 2 unspecified atom stereocenters. The molecule has 28 heavy (non-hydrogen) atoms. The number of piperidine rings is 1. The van der Waals surface area contributed by atoms with Crippen LogP contribution in [0.5, 0.6) is 11.6 Å². The van der Waals surface area contributed by atoms with Crippen LogP contribution in [0.3, 0.4) is 0 Å². The number of rotatable bonds is 7. The highest BCUT2D eigenvalue weighted by molar-refractivity contribution is 5.48. The van der Waals surface area contributed by atoms with Crippen LogP contribution < -0.4 is 19.7 Å². The molecule has 1 N–H and O–H groups in total. The fraction of sp³-hybridized carbons (Fsp3) is 0.524. The minimum atomic E-state index is 0.0276. The van der Waals surface area contributed by atoms with E-state index in [2.05, 4.69) is 21.3 Å². The minimum Gasteiger partial charge on any atom is -0.491 e. The van der Waals surface area contributed by atoms with E-state index in [1.807, 2.05) is 24.4 Å². The van der Waals surface area contributed by atoms with Gasteiger partial charge in [0.25, 0.3) is 5.88 Å². The Kier molecular flexibility index (Phi) is 6.24. The Morgan fingerprint density at radius 1 is 1.29 bits per heavy atom. The molecular formula is C21H28N4O3. The van der Waals surface area contributed by atoms with Crippen LogP contribution in [0.1, 0.15) is 24.8 Å². The van der Waals surface area contributed by atoms with Crippen LogP contribution in [0.4, 0.5) is 5.82 Å². The van der Waals surface area contributed by atoms with E-state index in [9.17, 15) is 0 Å². The molecule has 2 atom stereocenters.